The van der Waals surface area contributed by atoms with Crippen molar-refractivity contribution in [2.75, 3.05) is 12.3 Å². The number of nitrogens with two attached hydrogens (primary N) is 1. The molecule has 0 atom stereocenters. The maximum Gasteiger partial charge on any atom is 0.222 e. The molecular weight excluding hydrogens is 190 g/mol. The van der Waals surface area contributed by atoms with Gasteiger partial charge in [-0.1, -0.05) is 0 Å². The fourth-order valence-electron chi connectivity index (χ4n) is 1.79. The first-order chi connectivity index (χ1) is 7.27. The van der Waals surface area contributed by atoms with Crippen molar-refractivity contribution in [1.29, 1.82) is 0 Å². The molecule has 2 N–H and O–H groups in total. The van der Waals surface area contributed by atoms with Gasteiger partial charge in [0.15, 0.2) is 0 Å². The number of anilines is 1. The van der Waals surface area contributed by atoms with E-state index >= 15 is 0 Å². The van der Waals surface area contributed by atoms with Gasteiger partial charge in [0.25, 0.3) is 0 Å². The SMILES string of the molecule is Nc1cccnc1CN1CCCCC1=O. The largest absolute Gasteiger partial charge is 0.397 e. The highest BCUT2D eigenvalue weighted by atomic mass is 16.2. The molecule has 1 aliphatic heterocycles. The number of carbonyl (C=O) groups excluding carboxylic acids is 1. The highest BCUT2D eigenvalue weighted by molar-refractivity contribution is 5.76. The van der Waals surface area contributed by atoms with Gasteiger partial charge in [0.1, 0.15) is 0 Å². The number of amides is 1. The smallest absolute Gasteiger partial charge is 0.222 e. The molecule has 2 heterocycles. The standard InChI is InChI=1S/C11H15N3O/c12-9-4-3-6-13-10(9)8-14-7-2-1-5-11(14)15/h3-4,6H,1-2,5,7-8,12H2. The van der Waals surface area contributed by atoms with Crippen LogP contribution < -0.4 is 5.73 Å². The normalized spacial score (nSPS) is 16.8. The van der Waals surface area contributed by atoms with Crippen molar-refractivity contribution >= 4 is 11.6 Å². The molecule has 1 saturated heterocycles. The van der Waals surface area contributed by atoms with Gasteiger partial charge in [-0.2, -0.15) is 0 Å². The van der Waals surface area contributed by atoms with Crippen LogP contribution in [0, 0.1) is 0 Å². The summed E-state index contributed by atoms with van der Waals surface area (Å²) in [5.74, 6) is 0.214. The second-order valence-electron chi connectivity index (χ2n) is 3.81. The molecule has 0 aromatic carbocycles. The maximum atomic E-state index is 11.6. The van der Waals surface area contributed by atoms with Crippen LogP contribution in [0.25, 0.3) is 0 Å². The van der Waals surface area contributed by atoms with Crippen molar-refractivity contribution in [3.8, 4) is 0 Å². The van der Waals surface area contributed by atoms with E-state index < -0.39 is 0 Å². The van der Waals surface area contributed by atoms with Crippen molar-refractivity contribution in [3.05, 3.63) is 24.0 Å². The molecule has 1 aromatic heterocycles. The van der Waals surface area contributed by atoms with E-state index in [4.69, 9.17) is 5.73 Å². The molecule has 0 bridgehead atoms. The van der Waals surface area contributed by atoms with Crippen LogP contribution in [0.4, 0.5) is 5.69 Å². The summed E-state index contributed by atoms with van der Waals surface area (Å²) in [6.07, 6.45) is 4.46. The second-order valence-corrected chi connectivity index (χ2v) is 3.81. The van der Waals surface area contributed by atoms with Gasteiger partial charge in [-0.15, -0.1) is 0 Å². The Balaban J connectivity index is 2.08. The van der Waals surface area contributed by atoms with E-state index in [1.807, 2.05) is 11.0 Å². The number of pyridine rings is 1. The quantitative estimate of drug-likeness (QED) is 0.788. The summed E-state index contributed by atoms with van der Waals surface area (Å²) in [6, 6.07) is 3.62. The summed E-state index contributed by atoms with van der Waals surface area (Å²) in [4.78, 5) is 17.6. The molecular formula is C11H15N3O. The van der Waals surface area contributed by atoms with Gasteiger partial charge in [-0.3, -0.25) is 9.78 Å². The lowest BCUT2D eigenvalue weighted by molar-refractivity contribution is -0.133. The fraction of sp³-hybridized carbons (Fsp3) is 0.455. The lowest BCUT2D eigenvalue weighted by Gasteiger charge is -2.26. The number of rotatable bonds is 2. The Kier molecular flexibility index (Phi) is 2.85. The van der Waals surface area contributed by atoms with E-state index in [0.717, 1.165) is 25.1 Å². The zero-order chi connectivity index (χ0) is 10.7. The number of likely N-dealkylation sites (tertiary alicyclic amines) is 1. The number of piperidine rings is 1. The Labute approximate surface area is 89.1 Å². The minimum Gasteiger partial charge on any atom is -0.397 e. The van der Waals surface area contributed by atoms with Gasteiger partial charge in [0.05, 0.1) is 17.9 Å². The molecule has 1 aromatic rings. The molecule has 80 valence electrons. The maximum absolute atomic E-state index is 11.6. The molecule has 0 saturated carbocycles. The Morgan fingerprint density at radius 3 is 3.07 bits per heavy atom. The number of hydrogen-bond acceptors (Lipinski definition) is 3. The topological polar surface area (TPSA) is 59.2 Å². The van der Waals surface area contributed by atoms with E-state index in [-0.39, 0.29) is 5.91 Å². The molecule has 1 fully saturated rings. The molecule has 4 nitrogen and oxygen atoms in total. The first-order valence-corrected chi connectivity index (χ1v) is 5.24. The number of hydrogen-bond donors (Lipinski definition) is 1. The average Bonchev–Trinajstić information content (AvgIpc) is 2.24. The van der Waals surface area contributed by atoms with Crippen molar-refractivity contribution in [2.24, 2.45) is 0 Å². The van der Waals surface area contributed by atoms with E-state index in [2.05, 4.69) is 4.98 Å². The Morgan fingerprint density at radius 2 is 2.33 bits per heavy atom. The number of nitrogen functional groups attached to an aromatic ring is 1. The van der Waals surface area contributed by atoms with Gasteiger partial charge in [-0.05, 0) is 25.0 Å². The van der Waals surface area contributed by atoms with Gasteiger partial charge in [0.2, 0.25) is 5.91 Å². The van der Waals surface area contributed by atoms with Gasteiger partial charge in [0, 0.05) is 19.2 Å². The van der Waals surface area contributed by atoms with Crippen LogP contribution in [0.5, 0.6) is 0 Å². The summed E-state index contributed by atoms with van der Waals surface area (Å²) in [5.41, 5.74) is 7.24. The van der Waals surface area contributed by atoms with Crippen LogP contribution >= 0.6 is 0 Å². The van der Waals surface area contributed by atoms with Crippen LogP contribution in [0.1, 0.15) is 25.0 Å². The van der Waals surface area contributed by atoms with Gasteiger partial charge >= 0.3 is 0 Å². The van der Waals surface area contributed by atoms with E-state index in [1.54, 1.807) is 12.3 Å². The van der Waals surface area contributed by atoms with Crippen LogP contribution in [0.3, 0.4) is 0 Å². The number of aromatic nitrogens is 1. The molecule has 1 aliphatic rings. The third-order valence-corrected chi connectivity index (χ3v) is 2.69. The predicted octanol–water partition coefficient (Wildman–Crippen LogP) is 1.18. The molecule has 2 rings (SSSR count). The minimum absolute atomic E-state index is 0.214. The zero-order valence-corrected chi connectivity index (χ0v) is 8.65. The first-order valence-electron chi connectivity index (χ1n) is 5.24. The molecule has 0 radical (unpaired) electrons. The van der Waals surface area contributed by atoms with Crippen molar-refractivity contribution in [1.82, 2.24) is 9.88 Å². The number of nitrogens with zero attached hydrogens (tertiary/aromatic N) is 2. The fourth-order valence-corrected chi connectivity index (χ4v) is 1.79. The van der Waals surface area contributed by atoms with E-state index in [0.29, 0.717) is 18.7 Å². The van der Waals surface area contributed by atoms with Gasteiger partial charge < -0.3 is 10.6 Å². The minimum atomic E-state index is 0.214. The van der Waals surface area contributed by atoms with Crippen LogP contribution in [-0.4, -0.2) is 22.3 Å². The molecule has 15 heavy (non-hydrogen) atoms. The molecule has 0 aliphatic carbocycles. The van der Waals surface area contributed by atoms with Crippen LogP contribution in [-0.2, 0) is 11.3 Å². The van der Waals surface area contributed by atoms with Crippen molar-refractivity contribution < 1.29 is 4.79 Å². The average molecular weight is 205 g/mol. The summed E-state index contributed by atoms with van der Waals surface area (Å²) in [6.45, 7) is 1.38. The first kappa shape index (κ1) is 9.96. The zero-order valence-electron chi connectivity index (χ0n) is 8.65. The Morgan fingerprint density at radius 1 is 1.47 bits per heavy atom. The monoisotopic (exact) mass is 205 g/mol. The lowest BCUT2D eigenvalue weighted by Crippen LogP contribution is -2.35. The van der Waals surface area contributed by atoms with Crippen molar-refractivity contribution in [2.45, 2.75) is 25.8 Å². The molecule has 0 unspecified atom stereocenters. The summed E-state index contributed by atoms with van der Waals surface area (Å²) >= 11 is 0. The Bertz CT molecular complexity index is 365. The second kappa shape index (κ2) is 4.29. The highest BCUT2D eigenvalue weighted by Gasteiger charge is 2.18. The summed E-state index contributed by atoms with van der Waals surface area (Å²) in [5, 5.41) is 0. The van der Waals surface area contributed by atoms with Crippen molar-refractivity contribution in [3.63, 3.8) is 0 Å². The number of carbonyl (C=O) groups is 1. The molecule has 4 heteroatoms. The summed E-state index contributed by atoms with van der Waals surface area (Å²) in [7, 11) is 0. The predicted molar refractivity (Wildman–Crippen MR) is 57.9 cm³/mol. The molecule has 0 spiro atoms. The van der Waals surface area contributed by atoms with Crippen LogP contribution in [0.2, 0.25) is 0 Å². The third-order valence-electron chi connectivity index (χ3n) is 2.69. The van der Waals surface area contributed by atoms with Crippen LogP contribution in [0.15, 0.2) is 18.3 Å². The Hall–Kier alpha value is -1.58. The van der Waals surface area contributed by atoms with E-state index in [9.17, 15) is 4.79 Å². The van der Waals surface area contributed by atoms with Gasteiger partial charge in [-0.25, -0.2) is 0 Å². The lowest BCUT2D eigenvalue weighted by atomic mass is 10.1. The molecule has 1 amide bonds. The summed E-state index contributed by atoms with van der Waals surface area (Å²) < 4.78 is 0. The highest BCUT2D eigenvalue weighted by Crippen LogP contribution is 2.16. The third kappa shape index (κ3) is 2.26. The van der Waals surface area contributed by atoms with E-state index in [1.165, 1.54) is 0 Å².